The lowest BCUT2D eigenvalue weighted by molar-refractivity contribution is -0.126. The van der Waals surface area contributed by atoms with Crippen LogP contribution in [0.2, 0.25) is 0 Å². The maximum Gasteiger partial charge on any atom is 0.253 e. The first-order chi connectivity index (χ1) is 8.40. The molecule has 1 rings (SSSR count). The molecule has 1 aromatic carbocycles. The smallest absolute Gasteiger partial charge is 0.253 e. The number of carbonyl (C=O) groups is 1. The van der Waals surface area contributed by atoms with Gasteiger partial charge >= 0.3 is 0 Å². The summed E-state index contributed by atoms with van der Waals surface area (Å²) in [7, 11) is 0. The van der Waals surface area contributed by atoms with Crippen molar-refractivity contribution in [3.05, 3.63) is 29.3 Å². The zero-order chi connectivity index (χ0) is 13.7. The van der Waals surface area contributed by atoms with E-state index in [0.29, 0.717) is 12.5 Å². The molecular weight excluding hydrogens is 226 g/mol. The predicted molar refractivity (Wildman–Crippen MR) is 74.8 cm³/mol. The number of rotatable bonds is 5. The summed E-state index contributed by atoms with van der Waals surface area (Å²) in [5, 5.41) is 2.87. The van der Waals surface area contributed by atoms with E-state index in [1.165, 1.54) is 11.1 Å². The molecule has 1 amide bonds. The largest absolute Gasteiger partial charge is 0.368 e. The standard InChI is InChI=1S/C15H23NO2/c1-10(2)9-18-13(5)15(17)16-14-7-6-11(3)12(4)8-14/h6-8,10,13H,9H2,1-5H3,(H,16,17). The maximum absolute atomic E-state index is 11.9. The van der Waals surface area contributed by atoms with Crippen LogP contribution in [-0.2, 0) is 9.53 Å². The quantitative estimate of drug-likeness (QED) is 0.869. The lowest BCUT2D eigenvalue weighted by Crippen LogP contribution is -2.28. The van der Waals surface area contributed by atoms with Gasteiger partial charge in [-0.25, -0.2) is 0 Å². The molecule has 3 heteroatoms. The second-order valence-electron chi connectivity index (χ2n) is 5.16. The summed E-state index contributed by atoms with van der Waals surface area (Å²) in [6.07, 6.45) is -0.422. The first kappa shape index (κ1) is 14.7. The van der Waals surface area contributed by atoms with Crippen LogP contribution in [0.4, 0.5) is 5.69 Å². The Hall–Kier alpha value is -1.35. The molecule has 0 radical (unpaired) electrons. The molecule has 100 valence electrons. The van der Waals surface area contributed by atoms with Crippen LogP contribution in [0.1, 0.15) is 31.9 Å². The molecule has 0 aliphatic rings. The van der Waals surface area contributed by atoms with E-state index in [4.69, 9.17) is 4.74 Å². The predicted octanol–water partition coefficient (Wildman–Crippen LogP) is 3.30. The second-order valence-corrected chi connectivity index (χ2v) is 5.16. The number of carbonyl (C=O) groups excluding carboxylic acids is 1. The molecule has 1 atom stereocenters. The first-order valence-corrected chi connectivity index (χ1v) is 6.40. The fraction of sp³-hybridized carbons (Fsp3) is 0.533. The lowest BCUT2D eigenvalue weighted by Gasteiger charge is -2.15. The number of hydrogen-bond donors (Lipinski definition) is 1. The number of anilines is 1. The third kappa shape index (κ3) is 4.49. The van der Waals surface area contributed by atoms with Gasteiger partial charge in [0, 0.05) is 12.3 Å². The van der Waals surface area contributed by atoms with Crippen LogP contribution >= 0.6 is 0 Å². The highest BCUT2D eigenvalue weighted by atomic mass is 16.5. The maximum atomic E-state index is 11.9. The summed E-state index contributed by atoms with van der Waals surface area (Å²) in [6, 6.07) is 5.89. The number of ether oxygens (including phenoxy) is 1. The summed E-state index contributed by atoms with van der Waals surface area (Å²) in [5.74, 6) is 0.334. The van der Waals surface area contributed by atoms with Crippen molar-refractivity contribution in [1.82, 2.24) is 0 Å². The average Bonchev–Trinajstić information content (AvgIpc) is 2.30. The highest BCUT2D eigenvalue weighted by Crippen LogP contribution is 2.14. The van der Waals surface area contributed by atoms with Gasteiger partial charge in [0.15, 0.2) is 0 Å². The van der Waals surface area contributed by atoms with E-state index in [2.05, 4.69) is 26.1 Å². The van der Waals surface area contributed by atoms with Gasteiger partial charge < -0.3 is 10.1 Å². The Balaban J connectivity index is 2.55. The number of aryl methyl sites for hydroxylation is 2. The minimum Gasteiger partial charge on any atom is -0.368 e. The fourth-order valence-electron chi connectivity index (χ4n) is 1.48. The molecular formula is C15H23NO2. The van der Waals surface area contributed by atoms with Crippen LogP contribution in [0.5, 0.6) is 0 Å². The first-order valence-electron chi connectivity index (χ1n) is 6.40. The van der Waals surface area contributed by atoms with E-state index in [9.17, 15) is 4.79 Å². The molecule has 0 saturated carbocycles. The zero-order valence-corrected chi connectivity index (χ0v) is 11.9. The van der Waals surface area contributed by atoms with Crippen molar-refractivity contribution in [2.45, 2.75) is 40.7 Å². The van der Waals surface area contributed by atoms with Gasteiger partial charge in [-0.3, -0.25) is 4.79 Å². The van der Waals surface area contributed by atoms with Crippen LogP contribution < -0.4 is 5.32 Å². The van der Waals surface area contributed by atoms with Crippen LogP contribution in [-0.4, -0.2) is 18.6 Å². The van der Waals surface area contributed by atoms with Gasteiger partial charge in [0.1, 0.15) is 6.10 Å². The molecule has 0 saturated heterocycles. The van der Waals surface area contributed by atoms with Crippen molar-refractivity contribution in [1.29, 1.82) is 0 Å². The Bertz CT molecular complexity index is 413. The van der Waals surface area contributed by atoms with Crippen molar-refractivity contribution >= 4 is 11.6 Å². The molecule has 0 aliphatic heterocycles. The lowest BCUT2D eigenvalue weighted by atomic mass is 10.1. The van der Waals surface area contributed by atoms with Gasteiger partial charge in [0.2, 0.25) is 0 Å². The summed E-state index contributed by atoms with van der Waals surface area (Å²) < 4.78 is 5.48. The third-order valence-electron chi connectivity index (χ3n) is 2.82. The minimum atomic E-state index is -0.422. The SMILES string of the molecule is Cc1ccc(NC(=O)C(C)OCC(C)C)cc1C. The number of benzene rings is 1. The minimum absolute atomic E-state index is 0.0982. The van der Waals surface area contributed by atoms with Gasteiger partial charge in [-0.05, 0) is 49.9 Å². The highest BCUT2D eigenvalue weighted by molar-refractivity contribution is 5.94. The molecule has 1 aromatic rings. The molecule has 0 bridgehead atoms. The molecule has 1 unspecified atom stereocenters. The van der Waals surface area contributed by atoms with Crippen LogP contribution in [0.25, 0.3) is 0 Å². The monoisotopic (exact) mass is 249 g/mol. The topological polar surface area (TPSA) is 38.3 Å². The molecule has 0 fully saturated rings. The molecule has 0 heterocycles. The van der Waals surface area contributed by atoms with E-state index >= 15 is 0 Å². The Labute approximate surface area is 110 Å². The summed E-state index contributed by atoms with van der Waals surface area (Å²) in [4.78, 5) is 11.9. The molecule has 0 spiro atoms. The van der Waals surface area contributed by atoms with Crippen molar-refractivity contribution < 1.29 is 9.53 Å². The van der Waals surface area contributed by atoms with Crippen molar-refractivity contribution in [2.75, 3.05) is 11.9 Å². The van der Waals surface area contributed by atoms with Crippen LogP contribution in [0.15, 0.2) is 18.2 Å². The second kappa shape index (κ2) is 6.55. The Morgan fingerprint density at radius 1 is 1.22 bits per heavy atom. The average molecular weight is 249 g/mol. The zero-order valence-electron chi connectivity index (χ0n) is 11.9. The summed E-state index contributed by atoms with van der Waals surface area (Å²) in [6.45, 7) is 10.6. The Morgan fingerprint density at radius 2 is 1.89 bits per heavy atom. The van der Waals surface area contributed by atoms with Crippen molar-refractivity contribution in [2.24, 2.45) is 5.92 Å². The summed E-state index contributed by atoms with van der Waals surface area (Å²) in [5.41, 5.74) is 3.21. The Morgan fingerprint density at radius 3 is 2.44 bits per heavy atom. The van der Waals surface area contributed by atoms with Gasteiger partial charge in [-0.1, -0.05) is 19.9 Å². The molecule has 18 heavy (non-hydrogen) atoms. The highest BCUT2D eigenvalue weighted by Gasteiger charge is 2.14. The van der Waals surface area contributed by atoms with E-state index in [1.807, 2.05) is 25.1 Å². The van der Waals surface area contributed by atoms with Gasteiger partial charge in [0.05, 0.1) is 0 Å². The van der Waals surface area contributed by atoms with Crippen LogP contribution in [0, 0.1) is 19.8 Å². The van der Waals surface area contributed by atoms with Gasteiger partial charge in [-0.15, -0.1) is 0 Å². The van der Waals surface area contributed by atoms with E-state index in [-0.39, 0.29) is 5.91 Å². The fourth-order valence-corrected chi connectivity index (χ4v) is 1.48. The summed E-state index contributed by atoms with van der Waals surface area (Å²) >= 11 is 0. The normalized spacial score (nSPS) is 12.6. The van der Waals surface area contributed by atoms with E-state index < -0.39 is 6.10 Å². The Kier molecular flexibility index (Phi) is 5.35. The van der Waals surface area contributed by atoms with Crippen molar-refractivity contribution in [3.63, 3.8) is 0 Å². The van der Waals surface area contributed by atoms with E-state index in [0.717, 1.165) is 5.69 Å². The van der Waals surface area contributed by atoms with Gasteiger partial charge in [0.25, 0.3) is 5.91 Å². The number of amides is 1. The van der Waals surface area contributed by atoms with Crippen molar-refractivity contribution in [3.8, 4) is 0 Å². The number of nitrogens with one attached hydrogen (secondary N) is 1. The molecule has 3 nitrogen and oxygen atoms in total. The van der Waals surface area contributed by atoms with Gasteiger partial charge in [-0.2, -0.15) is 0 Å². The molecule has 0 aliphatic carbocycles. The molecule has 1 N–H and O–H groups in total. The third-order valence-corrected chi connectivity index (χ3v) is 2.82. The van der Waals surface area contributed by atoms with Crippen LogP contribution in [0.3, 0.4) is 0 Å². The number of hydrogen-bond acceptors (Lipinski definition) is 2. The van der Waals surface area contributed by atoms with E-state index in [1.54, 1.807) is 6.92 Å². The molecule has 0 aromatic heterocycles.